The molecule has 0 aromatic heterocycles. The molecule has 0 unspecified atom stereocenters. The lowest BCUT2D eigenvalue weighted by Crippen LogP contribution is -2.19. The molecule has 2 aromatic rings. The third-order valence-electron chi connectivity index (χ3n) is 3.50. The van der Waals surface area contributed by atoms with E-state index in [1.807, 2.05) is 42.5 Å². The Labute approximate surface area is 114 Å². The maximum atomic E-state index is 5.78. The fraction of sp³-hybridized carbons (Fsp3) is 0.294. The number of hydrogen-bond acceptors (Lipinski definition) is 2. The molecule has 1 aliphatic carbocycles. The van der Waals surface area contributed by atoms with Gasteiger partial charge in [-0.3, -0.25) is 4.90 Å². The van der Waals surface area contributed by atoms with E-state index < -0.39 is 0 Å². The first-order chi connectivity index (χ1) is 9.31. The van der Waals surface area contributed by atoms with E-state index in [2.05, 4.69) is 24.1 Å². The Balaban J connectivity index is 1.62. The third-order valence-corrected chi connectivity index (χ3v) is 3.50. The second-order valence-corrected chi connectivity index (χ2v) is 5.21. The molecule has 0 saturated heterocycles. The van der Waals surface area contributed by atoms with Gasteiger partial charge in [-0.05, 0) is 49.7 Å². The highest BCUT2D eigenvalue weighted by atomic mass is 16.5. The van der Waals surface area contributed by atoms with E-state index in [0.717, 1.165) is 24.1 Å². The molecule has 0 atom stereocenters. The van der Waals surface area contributed by atoms with Crippen molar-refractivity contribution in [2.24, 2.45) is 0 Å². The molecule has 1 fully saturated rings. The van der Waals surface area contributed by atoms with Gasteiger partial charge in [0, 0.05) is 12.6 Å². The molecule has 3 rings (SSSR count). The first kappa shape index (κ1) is 12.2. The summed E-state index contributed by atoms with van der Waals surface area (Å²) in [7, 11) is 2.20. The zero-order valence-corrected chi connectivity index (χ0v) is 11.3. The van der Waals surface area contributed by atoms with Crippen molar-refractivity contribution >= 4 is 0 Å². The Kier molecular flexibility index (Phi) is 3.51. The molecule has 98 valence electrons. The number of rotatable bonds is 5. The van der Waals surface area contributed by atoms with E-state index in [9.17, 15) is 0 Å². The maximum Gasteiger partial charge on any atom is 0.127 e. The summed E-state index contributed by atoms with van der Waals surface area (Å²) in [6.07, 6.45) is 2.71. The molecular weight excluding hydrogens is 234 g/mol. The number of para-hydroxylation sites is 1. The van der Waals surface area contributed by atoms with Gasteiger partial charge >= 0.3 is 0 Å². The third kappa shape index (κ3) is 3.36. The van der Waals surface area contributed by atoms with Gasteiger partial charge in [-0.15, -0.1) is 0 Å². The lowest BCUT2D eigenvalue weighted by Gasteiger charge is -2.15. The van der Waals surface area contributed by atoms with Crippen LogP contribution >= 0.6 is 0 Å². The quantitative estimate of drug-likeness (QED) is 0.796. The summed E-state index contributed by atoms with van der Waals surface area (Å²) in [5, 5.41) is 0. The van der Waals surface area contributed by atoms with Crippen LogP contribution in [0.4, 0.5) is 0 Å². The Morgan fingerprint density at radius 3 is 2.21 bits per heavy atom. The van der Waals surface area contributed by atoms with Crippen LogP contribution in [0.5, 0.6) is 11.5 Å². The average molecular weight is 253 g/mol. The van der Waals surface area contributed by atoms with Crippen molar-refractivity contribution in [1.82, 2.24) is 4.90 Å². The van der Waals surface area contributed by atoms with Crippen LogP contribution in [0, 0.1) is 0 Å². The summed E-state index contributed by atoms with van der Waals surface area (Å²) in [5.74, 6) is 1.77. The fourth-order valence-corrected chi connectivity index (χ4v) is 2.22. The number of hydrogen-bond donors (Lipinski definition) is 0. The first-order valence-electron chi connectivity index (χ1n) is 6.83. The summed E-state index contributed by atoms with van der Waals surface area (Å²) in [5.41, 5.74) is 1.34. The van der Waals surface area contributed by atoms with Gasteiger partial charge in [0.15, 0.2) is 0 Å². The smallest absolute Gasteiger partial charge is 0.127 e. The van der Waals surface area contributed by atoms with Gasteiger partial charge in [0.1, 0.15) is 11.5 Å². The van der Waals surface area contributed by atoms with Gasteiger partial charge in [0.05, 0.1) is 0 Å². The van der Waals surface area contributed by atoms with E-state index >= 15 is 0 Å². The summed E-state index contributed by atoms with van der Waals surface area (Å²) < 4.78 is 5.78. The lowest BCUT2D eigenvalue weighted by molar-refractivity contribution is 0.316. The highest BCUT2D eigenvalue weighted by Gasteiger charge is 2.25. The topological polar surface area (TPSA) is 12.5 Å². The maximum absolute atomic E-state index is 5.78. The van der Waals surface area contributed by atoms with Crippen molar-refractivity contribution in [3.8, 4) is 11.5 Å². The van der Waals surface area contributed by atoms with E-state index in [-0.39, 0.29) is 0 Å². The normalized spacial score (nSPS) is 14.6. The van der Waals surface area contributed by atoms with Crippen molar-refractivity contribution in [2.45, 2.75) is 25.4 Å². The molecule has 2 nitrogen and oxygen atoms in total. The summed E-state index contributed by atoms with van der Waals surface area (Å²) in [6.45, 7) is 1.02. The predicted octanol–water partition coefficient (Wildman–Crippen LogP) is 4.07. The van der Waals surface area contributed by atoms with E-state index in [1.54, 1.807) is 0 Å². The largest absolute Gasteiger partial charge is 0.457 e. The van der Waals surface area contributed by atoms with Crippen molar-refractivity contribution in [3.63, 3.8) is 0 Å². The molecule has 2 heteroatoms. The zero-order valence-electron chi connectivity index (χ0n) is 11.3. The minimum atomic E-state index is 0.806. The highest BCUT2D eigenvalue weighted by molar-refractivity contribution is 5.32. The van der Waals surface area contributed by atoms with Gasteiger partial charge in [-0.1, -0.05) is 30.3 Å². The van der Waals surface area contributed by atoms with Gasteiger partial charge in [-0.25, -0.2) is 0 Å². The van der Waals surface area contributed by atoms with Crippen LogP contribution in [-0.2, 0) is 6.54 Å². The molecule has 19 heavy (non-hydrogen) atoms. The summed E-state index contributed by atoms with van der Waals surface area (Å²) in [4.78, 5) is 2.42. The number of ether oxygens (including phenoxy) is 1. The standard InChI is InChI=1S/C17H19NO/c1-18(15-9-10-15)13-14-7-11-17(12-8-14)19-16-5-3-2-4-6-16/h2-8,11-12,15H,9-10,13H2,1H3. The Bertz CT molecular complexity index is 517. The zero-order chi connectivity index (χ0) is 13.1. The molecule has 1 saturated carbocycles. The van der Waals surface area contributed by atoms with Crippen LogP contribution in [-0.4, -0.2) is 18.0 Å². The molecule has 0 heterocycles. The van der Waals surface area contributed by atoms with Gasteiger partial charge in [0.2, 0.25) is 0 Å². The van der Waals surface area contributed by atoms with Crippen LogP contribution in [0.3, 0.4) is 0 Å². The summed E-state index contributed by atoms with van der Waals surface area (Å²) >= 11 is 0. The van der Waals surface area contributed by atoms with E-state index in [0.29, 0.717) is 0 Å². The van der Waals surface area contributed by atoms with Crippen LogP contribution in [0.1, 0.15) is 18.4 Å². The molecule has 2 aromatic carbocycles. The van der Waals surface area contributed by atoms with Crippen molar-refractivity contribution in [2.75, 3.05) is 7.05 Å². The minimum absolute atomic E-state index is 0.806. The highest BCUT2D eigenvalue weighted by Crippen LogP contribution is 2.27. The van der Waals surface area contributed by atoms with Crippen molar-refractivity contribution < 1.29 is 4.74 Å². The molecule has 0 N–H and O–H groups in total. The molecule has 0 amide bonds. The Morgan fingerprint density at radius 2 is 1.58 bits per heavy atom. The number of nitrogens with zero attached hydrogens (tertiary/aromatic N) is 1. The minimum Gasteiger partial charge on any atom is -0.457 e. The van der Waals surface area contributed by atoms with E-state index in [4.69, 9.17) is 4.74 Å². The first-order valence-corrected chi connectivity index (χ1v) is 6.83. The van der Waals surface area contributed by atoms with E-state index in [1.165, 1.54) is 18.4 Å². The van der Waals surface area contributed by atoms with Gasteiger partial charge < -0.3 is 4.74 Å². The average Bonchev–Trinajstić information content (AvgIpc) is 3.27. The fourth-order valence-electron chi connectivity index (χ4n) is 2.22. The molecule has 0 aliphatic heterocycles. The van der Waals surface area contributed by atoms with Crippen molar-refractivity contribution in [3.05, 3.63) is 60.2 Å². The van der Waals surface area contributed by atoms with Gasteiger partial charge in [-0.2, -0.15) is 0 Å². The lowest BCUT2D eigenvalue weighted by atomic mass is 10.2. The molecular formula is C17H19NO. The molecule has 0 spiro atoms. The Morgan fingerprint density at radius 1 is 0.947 bits per heavy atom. The predicted molar refractivity (Wildman–Crippen MR) is 77.4 cm³/mol. The molecule has 1 aliphatic rings. The van der Waals surface area contributed by atoms with Gasteiger partial charge in [0.25, 0.3) is 0 Å². The second-order valence-electron chi connectivity index (χ2n) is 5.21. The van der Waals surface area contributed by atoms with Crippen LogP contribution < -0.4 is 4.74 Å². The SMILES string of the molecule is CN(Cc1ccc(Oc2ccccc2)cc1)C1CC1. The van der Waals surface area contributed by atoms with Crippen LogP contribution in [0.15, 0.2) is 54.6 Å². The second kappa shape index (κ2) is 5.45. The monoisotopic (exact) mass is 253 g/mol. The number of benzene rings is 2. The molecule has 0 bridgehead atoms. The van der Waals surface area contributed by atoms with Crippen molar-refractivity contribution in [1.29, 1.82) is 0 Å². The van der Waals surface area contributed by atoms with Crippen LogP contribution in [0.25, 0.3) is 0 Å². The Hall–Kier alpha value is -1.80. The summed E-state index contributed by atoms with van der Waals surface area (Å²) in [6, 6.07) is 19.1. The van der Waals surface area contributed by atoms with Crippen LogP contribution in [0.2, 0.25) is 0 Å². The molecule has 0 radical (unpaired) electrons.